The predicted molar refractivity (Wildman–Crippen MR) is 131 cm³/mol. The summed E-state index contributed by atoms with van der Waals surface area (Å²) in [5.41, 5.74) is -0.390. The first-order chi connectivity index (χ1) is 16.3. The monoisotopic (exact) mass is 470 g/mol. The Morgan fingerprint density at radius 2 is 0.941 bits per heavy atom. The van der Waals surface area contributed by atoms with Gasteiger partial charge in [0.1, 0.15) is 0 Å². The van der Waals surface area contributed by atoms with Crippen molar-refractivity contribution in [2.24, 2.45) is 0 Å². The minimum absolute atomic E-state index is 0.0329. The van der Waals surface area contributed by atoms with Gasteiger partial charge in [-0.05, 0) is 37.1 Å². The van der Waals surface area contributed by atoms with Crippen LogP contribution >= 0.6 is 0 Å². The quantitative estimate of drug-likeness (QED) is 0.292. The zero-order valence-electron chi connectivity index (χ0n) is 19.9. The van der Waals surface area contributed by atoms with Crippen LogP contribution in [0.3, 0.4) is 0 Å². The molecule has 2 aromatic carbocycles. The predicted octanol–water partition coefficient (Wildman–Crippen LogP) is 4.86. The molecule has 2 rings (SSSR count). The van der Waals surface area contributed by atoms with Gasteiger partial charge in [0.15, 0.2) is 0 Å². The molecule has 0 aliphatic rings. The molecule has 0 saturated carbocycles. The van der Waals surface area contributed by atoms with Gasteiger partial charge in [0, 0.05) is 35.0 Å². The van der Waals surface area contributed by atoms with E-state index in [1.54, 1.807) is 0 Å². The highest BCUT2D eigenvalue weighted by Gasteiger charge is 2.25. The fraction of sp³-hybridized carbons (Fsp3) is 0.462. The summed E-state index contributed by atoms with van der Waals surface area (Å²) in [7, 11) is 0. The molecule has 0 spiro atoms. The first kappa shape index (κ1) is 26.8. The van der Waals surface area contributed by atoms with Crippen LogP contribution in [-0.4, -0.2) is 47.1 Å². The second kappa shape index (κ2) is 13.3. The van der Waals surface area contributed by atoms with Crippen LogP contribution in [-0.2, 0) is 0 Å². The number of unbranched alkanes of at least 4 members (excludes halogenated alkanes) is 6. The number of carboxylic acids is 2. The normalized spacial score (nSPS) is 10.8. The molecule has 0 aliphatic carbocycles. The maximum absolute atomic E-state index is 12.9. The molecule has 184 valence electrons. The number of carbonyl (C=O) groups is 4. The number of amides is 2. The van der Waals surface area contributed by atoms with E-state index in [1.807, 2.05) is 0 Å². The molecule has 0 unspecified atom stereocenters. The summed E-state index contributed by atoms with van der Waals surface area (Å²) < 4.78 is 0. The summed E-state index contributed by atoms with van der Waals surface area (Å²) in [4.78, 5) is 49.9. The average molecular weight is 471 g/mol. The molecule has 0 saturated heterocycles. The van der Waals surface area contributed by atoms with Crippen molar-refractivity contribution in [1.82, 2.24) is 10.6 Å². The fourth-order valence-electron chi connectivity index (χ4n) is 3.93. The molecule has 2 aromatic rings. The maximum atomic E-state index is 12.9. The Morgan fingerprint density at radius 3 is 1.26 bits per heavy atom. The number of benzene rings is 2. The highest BCUT2D eigenvalue weighted by atomic mass is 16.4. The van der Waals surface area contributed by atoms with Crippen LogP contribution in [0.1, 0.15) is 107 Å². The number of nitrogens with one attached hydrogen (secondary N) is 2. The van der Waals surface area contributed by atoms with Gasteiger partial charge in [0.2, 0.25) is 0 Å². The Kier molecular flexibility index (Phi) is 10.5. The van der Waals surface area contributed by atoms with Crippen LogP contribution in [0.2, 0.25) is 0 Å². The van der Waals surface area contributed by atoms with Gasteiger partial charge in [-0.15, -0.1) is 0 Å². The van der Waals surface area contributed by atoms with E-state index in [1.165, 1.54) is 24.3 Å². The van der Waals surface area contributed by atoms with Crippen LogP contribution in [0.15, 0.2) is 24.3 Å². The second-order valence-electron chi connectivity index (χ2n) is 8.31. The van der Waals surface area contributed by atoms with Crippen molar-refractivity contribution in [3.63, 3.8) is 0 Å². The summed E-state index contributed by atoms with van der Waals surface area (Å²) in [6.07, 6.45) is 7.68. The van der Waals surface area contributed by atoms with Gasteiger partial charge in [-0.1, -0.05) is 52.4 Å². The lowest BCUT2D eigenvalue weighted by Gasteiger charge is -2.16. The van der Waals surface area contributed by atoms with Crippen molar-refractivity contribution in [1.29, 1.82) is 0 Å². The molecule has 0 atom stereocenters. The Labute approximate surface area is 199 Å². The summed E-state index contributed by atoms with van der Waals surface area (Å²) in [5, 5.41) is 25.0. The molecule has 0 radical (unpaired) electrons. The van der Waals surface area contributed by atoms with Crippen molar-refractivity contribution in [3.8, 4) is 0 Å². The zero-order chi connectivity index (χ0) is 25.1. The smallest absolute Gasteiger partial charge is 0.336 e. The molecule has 8 heteroatoms. The summed E-state index contributed by atoms with van der Waals surface area (Å²) in [6.45, 7) is 5.00. The van der Waals surface area contributed by atoms with E-state index in [-0.39, 0.29) is 33.0 Å². The third-order valence-electron chi connectivity index (χ3n) is 5.74. The highest BCUT2D eigenvalue weighted by Crippen LogP contribution is 2.30. The van der Waals surface area contributed by atoms with Crippen LogP contribution in [0.25, 0.3) is 10.8 Å². The van der Waals surface area contributed by atoms with Gasteiger partial charge in [0.05, 0.1) is 11.1 Å². The van der Waals surface area contributed by atoms with E-state index >= 15 is 0 Å². The molecule has 34 heavy (non-hydrogen) atoms. The van der Waals surface area contributed by atoms with E-state index in [0.29, 0.717) is 13.1 Å². The van der Waals surface area contributed by atoms with Gasteiger partial charge in [0.25, 0.3) is 11.8 Å². The Balaban J connectivity index is 2.51. The molecule has 0 heterocycles. The van der Waals surface area contributed by atoms with E-state index in [4.69, 9.17) is 0 Å². The van der Waals surface area contributed by atoms with Crippen LogP contribution < -0.4 is 10.6 Å². The third-order valence-corrected chi connectivity index (χ3v) is 5.74. The topological polar surface area (TPSA) is 133 Å². The Morgan fingerprint density at radius 1 is 0.588 bits per heavy atom. The summed E-state index contributed by atoms with van der Waals surface area (Å²) in [6, 6.07) is 5.12. The molecule has 0 bridgehead atoms. The minimum Gasteiger partial charge on any atom is -0.478 e. The molecular weight excluding hydrogens is 436 g/mol. The molecule has 8 nitrogen and oxygen atoms in total. The molecule has 0 aliphatic heterocycles. The number of carboxylic acid groups (broad SMARTS) is 2. The highest BCUT2D eigenvalue weighted by molar-refractivity contribution is 6.23. The van der Waals surface area contributed by atoms with Gasteiger partial charge in [-0.25, -0.2) is 9.59 Å². The molecule has 2 amide bonds. The first-order valence-corrected chi connectivity index (χ1v) is 12.0. The van der Waals surface area contributed by atoms with Gasteiger partial charge >= 0.3 is 11.9 Å². The van der Waals surface area contributed by atoms with Crippen molar-refractivity contribution < 1.29 is 29.4 Å². The summed E-state index contributed by atoms with van der Waals surface area (Å²) in [5.74, 6) is -3.62. The van der Waals surface area contributed by atoms with E-state index < -0.39 is 23.8 Å². The largest absolute Gasteiger partial charge is 0.478 e. The van der Waals surface area contributed by atoms with E-state index in [0.717, 1.165) is 51.4 Å². The fourth-order valence-corrected chi connectivity index (χ4v) is 3.93. The number of carbonyl (C=O) groups excluding carboxylic acids is 2. The number of rotatable bonds is 14. The van der Waals surface area contributed by atoms with E-state index in [9.17, 15) is 29.4 Å². The standard InChI is InChI=1S/C26H34N2O6/c1-3-5-7-9-15-27-23(29)17-11-12-18(24(30)28-16-10-8-6-4-2)22-20(26(33)34)14-13-19(21(17)22)25(31)32/h11-14H,3-10,15-16H2,1-2H3,(H,27,29)(H,28,30)(H,31,32)(H,33,34). The third kappa shape index (κ3) is 6.79. The number of fused-ring (bicyclic) bond motifs is 1. The van der Waals surface area contributed by atoms with Crippen molar-refractivity contribution in [3.05, 3.63) is 46.5 Å². The Bertz CT molecular complexity index is 965. The van der Waals surface area contributed by atoms with Gasteiger partial charge in [-0.3, -0.25) is 9.59 Å². The lowest BCUT2D eigenvalue weighted by Crippen LogP contribution is -2.27. The maximum Gasteiger partial charge on any atom is 0.336 e. The van der Waals surface area contributed by atoms with Crippen molar-refractivity contribution in [2.45, 2.75) is 65.2 Å². The van der Waals surface area contributed by atoms with Crippen LogP contribution in [0, 0.1) is 0 Å². The lowest BCUT2D eigenvalue weighted by molar-refractivity contribution is 0.0684. The van der Waals surface area contributed by atoms with Gasteiger partial charge in [-0.2, -0.15) is 0 Å². The second-order valence-corrected chi connectivity index (χ2v) is 8.31. The molecule has 0 aromatic heterocycles. The lowest BCUT2D eigenvalue weighted by atomic mass is 9.91. The minimum atomic E-state index is -1.31. The number of hydrogen-bond acceptors (Lipinski definition) is 4. The molecule has 0 fully saturated rings. The van der Waals surface area contributed by atoms with Crippen molar-refractivity contribution >= 4 is 34.5 Å². The SMILES string of the molecule is CCCCCCNC(=O)c1ccc(C(=O)NCCCCCC)c2c(C(=O)O)ccc(C(=O)O)c12. The first-order valence-electron chi connectivity index (χ1n) is 12.0. The molecule has 4 N–H and O–H groups in total. The average Bonchev–Trinajstić information content (AvgIpc) is 2.81. The zero-order valence-corrected chi connectivity index (χ0v) is 19.9. The van der Waals surface area contributed by atoms with Gasteiger partial charge < -0.3 is 20.8 Å². The van der Waals surface area contributed by atoms with E-state index in [2.05, 4.69) is 24.5 Å². The molecular formula is C26H34N2O6. The number of hydrogen-bond donors (Lipinski definition) is 4. The van der Waals surface area contributed by atoms with Crippen molar-refractivity contribution in [2.75, 3.05) is 13.1 Å². The van der Waals surface area contributed by atoms with Crippen LogP contribution in [0.5, 0.6) is 0 Å². The number of aromatic carboxylic acids is 2. The van der Waals surface area contributed by atoms with Crippen LogP contribution in [0.4, 0.5) is 0 Å². The summed E-state index contributed by atoms with van der Waals surface area (Å²) >= 11 is 0. The Hall–Kier alpha value is -3.42.